The molecule has 8 aromatic rings. The third-order valence-corrected chi connectivity index (χ3v) is 23.6. The van der Waals surface area contributed by atoms with E-state index in [0.29, 0.717) is 0 Å². The van der Waals surface area contributed by atoms with Crippen LogP contribution in [0.3, 0.4) is 0 Å². The molecule has 0 aliphatic carbocycles. The van der Waals surface area contributed by atoms with Crippen molar-refractivity contribution in [2.75, 3.05) is 91.8 Å². The van der Waals surface area contributed by atoms with Gasteiger partial charge in [-0.05, 0) is 129 Å². The molecular formula is C62H88Cl4P8Pt2+8. The van der Waals surface area contributed by atoms with E-state index in [0.717, 1.165) is 0 Å². The molecular weight excluding hydrogens is 1520 g/mol. The molecule has 0 saturated heterocycles. The van der Waals surface area contributed by atoms with E-state index in [9.17, 15) is 0 Å². The topological polar surface area (TPSA) is 0 Å². The van der Waals surface area contributed by atoms with Crippen LogP contribution in [-0.2, 0) is 42.1 Å². The maximum atomic E-state index is 2.32. The minimum Gasteiger partial charge on any atom is -1.00 e. The summed E-state index contributed by atoms with van der Waals surface area (Å²) in [6.45, 7) is 27.2. The van der Waals surface area contributed by atoms with Gasteiger partial charge < -0.3 is 49.6 Å². The normalized spacial score (nSPS) is 9.74. The molecule has 0 atom stereocenters. The van der Waals surface area contributed by atoms with E-state index in [1.807, 2.05) is 0 Å². The van der Waals surface area contributed by atoms with Crippen molar-refractivity contribution in [2.24, 2.45) is 0 Å². The van der Waals surface area contributed by atoms with Gasteiger partial charge in [-0.2, -0.15) is 0 Å². The van der Waals surface area contributed by atoms with E-state index < -0.39 is 31.7 Å². The van der Waals surface area contributed by atoms with Crippen LogP contribution in [0.2, 0.25) is 0 Å². The van der Waals surface area contributed by atoms with Crippen molar-refractivity contribution in [3.8, 4) is 0 Å². The van der Waals surface area contributed by atoms with E-state index in [4.69, 9.17) is 0 Å². The molecule has 0 saturated carbocycles. The van der Waals surface area contributed by atoms with Crippen LogP contribution in [0, 0.1) is 0 Å². The minimum atomic E-state index is -0.847. The largest absolute Gasteiger partial charge is 2.00 e. The van der Waals surface area contributed by atoms with Crippen LogP contribution in [-0.4, -0.2) is 91.8 Å². The molecule has 0 fully saturated rings. The van der Waals surface area contributed by atoms with Crippen molar-refractivity contribution >= 4 is 106 Å². The third kappa shape index (κ3) is 36.3. The maximum Gasteiger partial charge on any atom is 2.00 e. The average Bonchev–Trinajstić information content (AvgIpc) is 3.36. The van der Waals surface area contributed by atoms with Gasteiger partial charge in [-0.3, -0.25) is 0 Å². The van der Waals surface area contributed by atoms with Crippen LogP contribution in [0.25, 0.3) is 0 Å². The Hall–Kier alpha value is -0.263. The second-order valence-electron chi connectivity index (χ2n) is 19.2. The van der Waals surface area contributed by atoms with Gasteiger partial charge in [0.2, 0.25) is 0 Å². The number of hydrogen-bond acceptors (Lipinski definition) is 0. The molecule has 416 valence electrons. The summed E-state index contributed by atoms with van der Waals surface area (Å²) in [6, 6.07) is 88.9. The van der Waals surface area contributed by atoms with E-state index in [1.54, 1.807) is 0 Å². The molecule has 8 rings (SSSR count). The number of hydrogen-bond donors (Lipinski definition) is 0. The standard InChI is InChI=1S/2C25H22P2.4C3H9P.4ClH.2Pt/c2*1-5-13-22(14-6-1)26(23-15-7-2-8-16-23)21-27(24-17-9-3-10-18-24)25-19-11-4-12-20-25;4*1-4(2)3;;;;;;/h2*1-20H,21H2;4*1-3H3;4*1H;;/q;;;;;;;;;;2*+2/p+4. The molecule has 0 heterocycles. The fourth-order valence-electron chi connectivity index (χ4n) is 6.95. The van der Waals surface area contributed by atoms with E-state index in [2.05, 4.69) is 323 Å². The Morgan fingerprint density at radius 1 is 0.184 bits per heavy atom. The second-order valence-corrected chi connectivity index (χ2v) is 42.5. The molecule has 14 heteroatoms. The second kappa shape index (κ2) is 50.5. The number of rotatable bonds is 12. The first kappa shape index (κ1) is 82.2. The molecule has 0 aromatic heterocycles. The predicted molar refractivity (Wildman–Crippen MR) is 356 cm³/mol. The van der Waals surface area contributed by atoms with Crippen molar-refractivity contribution in [1.29, 1.82) is 0 Å². The Balaban J connectivity index is -0.000000501. The monoisotopic (exact) mass is 1610 g/mol. The van der Waals surface area contributed by atoms with Gasteiger partial charge in [0.05, 0.1) is 0 Å². The molecule has 0 bridgehead atoms. The minimum absolute atomic E-state index is 0. The third-order valence-electron chi connectivity index (χ3n) is 9.69. The van der Waals surface area contributed by atoms with Crippen LogP contribution in [0.1, 0.15) is 0 Å². The quantitative estimate of drug-likeness (QED) is 0.164. The first-order valence-corrected chi connectivity index (χ1v) is 43.5. The van der Waals surface area contributed by atoms with Gasteiger partial charge in [0.15, 0.2) is 11.8 Å². The first-order valence-electron chi connectivity index (χ1n) is 24.7. The summed E-state index contributed by atoms with van der Waals surface area (Å²) >= 11 is 0. The molecule has 0 N–H and O–H groups in total. The van der Waals surface area contributed by atoms with Gasteiger partial charge in [0.25, 0.3) is 0 Å². The maximum absolute atomic E-state index is 2.32. The van der Waals surface area contributed by atoms with Crippen LogP contribution >= 0.6 is 63.4 Å². The van der Waals surface area contributed by atoms with Crippen LogP contribution in [0.4, 0.5) is 0 Å². The molecule has 0 spiro atoms. The Kier molecular flexibility index (Phi) is 54.6. The van der Waals surface area contributed by atoms with Gasteiger partial charge in [-0.25, -0.2) is 0 Å². The number of benzene rings is 8. The molecule has 0 amide bonds. The summed E-state index contributed by atoms with van der Waals surface area (Å²) in [7, 11) is -2.91. The van der Waals surface area contributed by atoms with Gasteiger partial charge in [0.1, 0.15) is 74.1 Å². The zero-order valence-corrected chi connectivity index (χ0v) is 62.2. The Morgan fingerprint density at radius 3 is 0.342 bits per heavy atom. The summed E-state index contributed by atoms with van der Waals surface area (Å²) in [5.74, 6) is 2.49. The summed E-state index contributed by atoms with van der Waals surface area (Å²) < 4.78 is 0. The zero-order chi connectivity index (χ0) is 50.9. The molecule has 0 unspecified atom stereocenters. The fourth-order valence-corrected chi connectivity index (χ4v) is 22.4. The van der Waals surface area contributed by atoms with E-state index >= 15 is 0 Å². The van der Waals surface area contributed by atoms with Gasteiger partial charge in [-0.1, -0.05) is 146 Å². The molecule has 8 aromatic carbocycles. The van der Waals surface area contributed by atoms with Crippen LogP contribution in [0.5, 0.6) is 0 Å². The van der Waals surface area contributed by atoms with Crippen LogP contribution < -0.4 is 92.1 Å². The Bertz CT molecular complexity index is 1940. The van der Waals surface area contributed by atoms with Crippen molar-refractivity contribution in [3.63, 3.8) is 0 Å². The molecule has 0 aliphatic rings. The Labute approximate surface area is 526 Å². The van der Waals surface area contributed by atoms with Gasteiger partial charge in [-0.15, -0.1) is 0 Å². The van der Waals surface area contributed by atoms with E-state index in [1.165, 1.54) is 54.2 Å². The fraction of sp³-hybridized carbons (Fsp3) is 0.226. The average molecular weight is 1610 g/mol. The van der Waals surface area contributed by atoms with E-state index in [-0.39, 0.29) is 123 Å². The van der Waals surface area contributed by atoms with Crippen LogP contribution in [0.15, 0.2) is 243 Å². The smallest absolute Gasteiger partial charge is 1.00 e. The van der Waals surface area contributed by atoms with Crippen molar-refractivity contribution < 1.29 is 91.8 Å². The predicted octanol–water partition coefficient (Wildman–Crippen LogP) is 1.72. The van der Waals surface area contributed by atoms with Gasteiger partial charge >= 0.3 is 42.1 Å². The SMILES string of the molecule is C[PH+](C)C.C[PH+](C)C.C[PH+](C)C.C[PH+](C)C.[Cl-].[Cl-].[Cl-].[Cl-].[Pt+2].[Pt+2].c1ccc([PH+](C[PH+](c2ccccc2)c2ccccc2)c2ccccc2)cc1.c1ccc([PH+](C[PH+](c2ccccc2)c2ccccc2)c2ccccc2)cc1. The molecule has 0 aliphatic heterocycles. The first-order chi connectivity index (χ1) is 33.8. The zero-order valence-electron chi connectivity index (χ0n) is 46.7. The summed E-state index contributed by atoms with van der Waals surface area (Å²) in [4.78, 5) is 0. The van der Waals surface area contributed by atoms with Crippen molar-refractivity contribution in [1.82, 2.24) is 0 Å². The summed E-state index contributed by atoms with van der Waals surface area (Å²) in [5, 5.41) is 12.0. The summed E-state index contributed by atoms with van der Waals surface area (Å²) in [5.41, 5.74) is 0. The number of halogens is 4. The van der Waals surface area contributed by atoms with Crippen molar-refractivity contribution in [2.45, 2.75) is 0 Å². The van der Waals surface area contributed by atoms with Gasteiger partial charge in [0, 0.05) is 80.0 Å². The Morgan fingerprint density at radius 2 is 0.263 bits per heavy atom. The van der Waals surface area contributed by atoms with Crippen molar-refractivity contribution in [3.05, 3.63) is 243 Å². The molecule has 76 heavy (non-hydrogen) atoms. The molecule has 0 radical (unpaired) electrons. The molecule has 0 nitrogen and oxygen atoms in total. The summed E-state index contributed by atoms with van der Waals surface area (Å²) in [6.07, 6.45) is 0.